The first-order chi connectivity index (χ1) is 6.11. The molecule has 0 bridgehead atoms. The van der Waals surface area contributed by atoms with Crippen molar-refractivity contribution < 1.29 is 5.21 Å². The Bertz CT molecular complexity index is 340. The summed E-state index contributed by atoms with van der Waals surface area (Å²) >= 11 is 0. The van der Waals surface area contributed by atoms with E-state index in [1.165, 1.54) is 0 Å². The lowest BCUT2D eigenvalue weighted by Gasteiger charge is -1.96. The normalized spacial score (nSPS) is 12.1. The lowest BCUT2D eigenvalue weighted by atomic mass is 10.2. The summed E-state index contributed by atoms with van der Waals surface area (Å²) in [7, 11) is 0. The molecule has 72 valence electrons. The van der Waals surface area contributed by atoms with Crippen molar-refractivity contribution in [3.8, 4) is 0 Å². The van der Waals surface area contributed by atoms with Gasteiger partial charge in [0, 0.05) is 17.8 Å². The third-order valence-corrected chi connectivity index (χ3v) is 2.16. The minimum Gasteiger partial charge on any atom is -0.409 e. The molecule has 0 aliphatic rings. The predicted molar refractivity (Wildman–Crippen MR) is 49.9 cm³/mol. The van der Waals surface area contributed by atoms with Crippen LogP contribution < -0.4 is 5.73 Å². The molecular formula is C8H14N4O. The van der Waals surface area contributed by atoms with Crippen LogP contribution in [0.5, 0.6) is 0 Å². The van der Waals surface area contributed by atoms with E-state index in [9.17, 15) is 0 Å². The molecule has 0 spiro atoms. The number of nitrogens with zero attached hydrogens (tertiary/aromatic N) is 3. The van der Waals surface area contributed by atoms with E-state index in [1.807, 2.05) is 25.5 Å². The zero-order valence-electron chi connectivity index (χ0n) is 8.07. The minimum atomic E-state index is 0.0628. The standard InChI is InChI=1S/C8H14N4O/c1-4-12-6(3)5(2)7(10-12)8(9)11-13/h13H,4H2,1-3H3,(H2,9,11). The van der Waals surface area contributed by atoms with E-state index in [2.05, 4.69) is 10.3 Å². The summed E-state index contributed by atoms with van der Waals surface area (Å²) in [5.74, 6) is 0.0628. The Morgan fingerprint density at radius 2 is 2.23 bits per heavy atom. The third kappa shape index (κ3) is 1.49. The van der Waals surface area contributed by atoms with Gasteiger partial charge in [-0.05, 0) is 20.8 Å². The zero-order chi connectivity index (χ0) is 10.0. The number of hydrogen-bond acceptors (Lipinski definition) is 3. The molecule has 3 N–H and O–H groups in total. The molecule has 0 saturated carbocycles. The molecule has 5 nitrogen and oxygen atoms in total. The van der Waals surface area contributed by atoms with Gasteiger partial charge in [0.15, 0.2) is 5.84 Å². The highest BCUT2D eigenvalue weighted by Crippen LogP contribution is 2.11. The largest absolute Gasteiger partial charge is 0.409 e. The van der Waals surface area contributed by atoms with Gasteiger partial charge in [0.25, 0.3) is 0 Å². The highest BCUT2D eigenvalue weighted by Gasteiger charge is 2.12. The Balaban J connectivity index is 3.25. The number of rotatable bonds is 2. The van der Waals surface area contributed by atoms with E-state index < -0.39 is 0 Å². The summed E-state index contributed by atoms with van der Waals surface area (Å²) in [6.07, 6.45) is 0. The molecule has 0 amide bonds. The van der Waals surface area contributed by atoms with E-state index in [4.69, 9.17) is 10.9 Å². The summed E-state index contributed by atoms with van der Waals surface area (Å²) in [6.45, 7) is 6.64. The van der Waals surface area contributed by atoms with Crippen LogP contribution in [-0.4, -0.2) is 20.8 Å². The van der Waals surface area contributed by atoms with Crippen molar-refractivity contribution >= 4 is 5.84 Å². The molecule has 0 fully saturated rings. The van der Waals surface area contributed by atoms with Crippen molar-refractivity contribution in [3.05, 3.63) is 17.0 Å². The molecule has 0 radical (unpaired) electrons. The lowest BCUT2D eigenvalue weighted by Crippen LogP contribution is -2.15. The Hall–Kier alpha value is -1.52. The number of aromatic nitrogens is 2. The van der Waals surface area contributed by atoms with Gasteiger partial charge in [-0.1, -0.05) is 5.16 Å². The highest BCUT2D eigenvalue weighted by atomic mass is 16.4. The molecule has 1 rings (SSSR count). The van der Waals surface area contributed by atoms with E-state index in [0.717, 1.165) is 17.8 Å². The van der Waals surface area contributed by atoms with Gasteiger partial charge in [0.1, 0.15) is 5.69 Å². The minimum absolute atomic E-state index is 0.0628. The maximum atomic E-state index is 8.50. The van der Waals surface area contributed by atoms with Crippen LogP contribution in [0.4, 0.5) is 0 Å². The molecule has 1 aromatic rings. The Morgan fingerprint density at radius 1 is 1.62 bits per heavy atom. The van der Waals surface area contributed by atoms with Crippen LogP contribution in [0.2, 0.25) is 0 Å². The molecule has 13 heavy (non-hydrogen) atoms. The van der Waals surface area contributed by atoms with Gasteiger partial charge in [-0.3, -0.25) is 4.68 Å². The number of amidine groups is 1. The fourth-order valence-corrected chi connectivity index (χ4v) is 1.23. The molecule has 0 atom stereocenters. The molecule has 0 aromatic carbocycles. The molecule has 0 unspecified atom stereocenters. The van der Waals surface area contributed by atoms with Crippen LogP contribution in [0.25, 0.3) is 0 Å². The second-order valence-electron chi connectivity index (χ2n) is 2.86. The fourth-order valence-electron chi connectivity index (χ4n) is 1.23. The quantitative estimate of drug-likeness (QED) is 0.304. The van der Waals surface area contributed by atoms with Crippen molar-refractivity contribution in [2.45, 2.75) is 27.3 Å². The van der Waals surface area contributed by atoms with Crippen molar-refractivity contribution in [2.24, 2.45) is 10.9 Å². The van der Waals surface area contributed by atoms with E-state index in [-0.39, 0.29) is 5.84 Å². The van der Waals surface area contributed by atoms with Gasteiger partial charge in [0.2, 0.25) is 0 Å². The Morgan fingerprint density at radius 3 is 2.62 bits per heavy atom. The van der Waals surface area contributed by atoms with Crippen LogP contribution in [0.1, 0.15) is 23.9 Å². The van der Waals surface area contributed by atoms with Crippen molar-refractivity contribution in [2.75, 3.05) is 0 Å². The summed E-state index contributed by atoms with van der Waals surface area (Å²) in [6, 6.07) is 0. The first-order valence-corrected chi connectivity index (χ1v) is 4.13. The number of aryl methyl sites for hydroxylation is 1. The summed E-state index contributed by atoms with van der Waals surface area (Å²) in [5, 5.41) is 15.6. The molecule has 0 saturated heterocycles. The van der Waals surface area contributed by atoms with Gasteiger partial charge in [-0.25, -0.2) is 0 Å². The first kappa shape index (κ1) is 9.57. The number of oxime groups is 1. The number of hydrogen-bond donors (Lipinski definition) is 2. The second-order valence-corrected chi connectivity index (χ2v) is 2.86. The maximum Gasteiger partial charge on any atom is 0.190 e. The molecule has 1 aromatic heterocycles. The van der Waals surface area contributed by atoms with Gasteiger partial charge >= 0.3 is 0 Å². The molecule has 5 heteroatoms. The Kier molecular flexibility index (Phi) is 2.55. The van der Waals surface area contributed by atoms with Gasteiger partial charge in [0.05, 0.1) is 0 Å². The van der Waals surface area contributed by atoms with Gasteiger partial charge < -0.3 is 10.9 Å². The van der Waals surface area contributed by atoms with E-state index >= 15 is 0 Å². The third-order valence-electron chi connectivity index (χ3n) is 2.16. The topological polar surface area (TPSA) is 76.4 Å². The average molecular weight is 182 g/mol. The van der Waals surface area contributed by atoms with Crippen LogP contribution in [-0.2, 0) is 6.54 Å². The molecule has 0 aliphatic carbocycles. The second kappa shape index (κ2) is 3.47. The fraction of sp³-hybridized carbons (Fsp3) is 0.500. The smallest absolute Gasteiger partial charge is 0.190 e. The Labute approximate surface area is 76.8 Å². The van der Waals surface area contributed by atoms with E-state index in [1.54, 1.807) is 0 Å². The van der Waals surface area contributed by atoms with E-state index in [0.29, 0.717) is 5.69 Å². The molecule has 0 aliphatic heterocycles. The van der Waals surface area contributed by atoms with Gasteiger partial charge in [-0.15, -0.1) is 0 Å². The molecule has 1 heterocycles. The average Bonchev–Trinajstić information content (AvgIpc) is 2.43. The van der Waals surface area contributed by atoms with Crippen molar-refractivity contribution in [1.29, 1.82) is 0 Å². The van der Waals surface area contributed by atoms with Crippen LogP contribution in [0.3, 0.4) is 0 Å². The van der Waals surface area contributed by atoms with Crippen LogP contribution >= 0.6 is 0 Å². The lowest BCUT2D eigenvalue weighted by molar-refractivity contribution is 0.318. The summed E-state index contributed by atoms with van der Waals surface area (Å²) < 4.78 is 1.82. The SMILES string of the molecule is CCn1nc(/C(N)=N\O)c(C)c1C. The van der Waals surface area contributed by atoms with Crippen molar-refractivity contribution in [3.63, 3.8) is 0 Å². The van der Waals surface area contributed by atoms with Crippen molar-refractivity contribution in [1.82, 2.24) is 9.78 Å². The molecular weight excluding hydrogens is 168 g/mol. The summed E-state index contributed by atoms with van der Waals surface area (Å²) in [4.78, 5) is 0. The zero-order valence-corrected chi connectivity index (χ0v) is 8.07. The van der Waals surface area contributed by atoms with Crippen LogP contribution in [0, 0.1) is 13.8 Å². The number of nitrogens with two attached hydrogens (primary N) is 1. The first-order valence-electron chi connectivity index (χ1n) is 4.13. The predicted octanol–water partition coefficient (Wildman–Crippen LogP) is 0.614. The van der Waals surface area contributed by atoms with Crippen LogP contribution in [0.15, 0.2) is 5.16 Å². The van der Waals surface area contributed by atoms with Gasteiger partial charge in [-0.2, -0.15) is 5.10 Å². The summed E-state index contributed by atoms with van der Waals surface area (Å²) in [5.41, 5.74) is 8.01. The maximum absolute atomic E-state index is 8.50. The monoisotopic (exact) mass is 182 g/mol. The highest BCUT2D eigenvalue weighted by molar-refractivity contribution is 5.96.